The van der Waals surface area contributed by atoms with E-state index in [0.29, 0.717) is 62.6 Å². The second kappa shape index (κ2) is 13.5. The van der Waals surface area contributed by atoms with Gasteiger partial charge in [-0.2, -0.15) is 4.98 Å². The minimum atomic E-state index is -2.81. The average molecular weight is 645 g/mol. The van der Waals surface area contributed by atoms with Crippen molar-refractivity contribution in [3.63, 3.8) is 0 Å². The molecule has 2 aromatic heterocycles. The average Bonchev–Trinajstić information content (AvgIpc) is 3.67. The number of benzene rings is 1. The van der Waals surface area contributed by atoms with E-state index in [1.54, 1.807) is 42.7 Å². The maximum Gasteiger partial charge on any atom is 0.407 e. The van der Waals surface area contributed by atoms with Crippen LogP contribution < -0.4 is 15.1 Å². The van der Waals surface area contributed by atoms with Crippen LogP contribution in [0.25, 0.3) is 0 Å². The number of nitrogens with zero attached hydrogens (tertiary/aromatic N) is 7. The van der Waals surface area contributed by atoms with Gasteiger partial charge in [0.15, 0.2) is 0 Å². The second-order valence-electron chi connectivity index (χ2n) is 12.6. The highest BCUT2D eigenvalue weighted by molar-refractivity contribution is 5.94. The summed E-state index contributed by atoms with van der Waals surface area (Å²) in [5, 5.41) is 6.22. The molecule has 0 radical (unpaired) electrons. The third-order valence-electron chi connectivity index (χ3n) is 8.14. The van der Waals surface area contributed by atoms with Crippen LogP contribution in [0.15, 0.2) is 35.1 Å². The zero-order chi connectivity index (χ0) is 33.2. The minimum absolute atomic E-state index is 0.0462. The molecule has 0 spiro atoms. The molecular weight excluding hydrogens is 605 g/mol. The number of alkyl carbamates (subject to hydrolysis) is 1. The lowest BCUT2D eigenvalue weighted by Crippen LogP contribution is -2.47. The molecule has 0 saturated carbocycles. The predicted molar refractivity (Wildman–Crippen MR) is 162 cm³/mol. The van der Waals surface area contributed by atoms with Gasteiger partial charge in [-0.3, -0.25) is 4.79 Å². The summed E-state index contributed by atoms with van der Waals surface area (Å²) in [6.45, 7) is 11.1. The lowest BCUT2D eigenvalue weighted by atomic mass is 9.92. The summed E-state index contributed by atoms with van der Waals surface area (Å²) in [6.07, 6.45) is 0.714. The number of anilines is 2. The number of hydrogen-bond donors (Lipinski definition) is 1. The topological polar surface area (TPSA) is 130 Å². The lowest BCUT2D eigenvalue weighted by molar-refractivity contribution is 0.0504. The van der Waals surface area contributed by atoms with E-state index in [4.69, 9.17) is 9.26 Å². The lowest BCUT2D eigenvalue weighted by Gasteiger charge is -2.37. The number of carbonyl (C=O) groups excluding carboxylic acids is 2. The Morgan fingerprint density at radius 2 is 1.83 bits per heavy atom. The van der Waals surface area contributed by atoms with E-state index in [0.717, 1.165) is 5.56 Å². The molecule has 0 aliphatic carbocycles. The maximum atomic E-state index is 15.0. The molecule has 2 amide bonds. The van der Waals surface area contributed by atoms with Crippen molar-refractivity contribution in [1.29, 1.82) is 0 Å². The van der Waals surface area contributed by atoms with Crippen molar-refractivity contribution in [3.05, 3.63) is 58.9 Å². The van der Waals surface area contributed by atoms with Crippen molar-refractivity contribution >= 4 is 24.0 Å². The summed E-state index contributed by atoms with van der Waals surface area (Å²) in [5.41, 5.74) is 0.992. The molecule has 1 N–H and O–H groups in total. The first kappa shape index (κ1) is 32.9. The molecule has 4 heterocycles. The fourth-order valence-corrected chi connectivity index (χ4v) is 5.98. The Morgan fingerprint density at radius 1 is 1.13 bits per heavy atom. The third-order valence-corrected chi connectivity index (χ3v) is 8.14. The van der Waals surface area contributed by atoms with E-state index >= 15 is 0 Å². The van der Waals surface area contributed by atoms with Gasteiger partial charge in [-0.15, -0.1) is 0 Å². The Hall–Kier alpha value is -4.43. The normalized spacial score (nSPS) is 19.1. The third kappa shape index (κ3) is 7.50. The standard InChI is InChI=1S/C31H39F3N8O4/c1-6-42(20-9-11-40(12-10-20)29-38-26(25(33)34)39-46-29)27(43)19-14-35-28(36-15-19)41-16-22(21-13-18(2)7-8-23(21)32)24(17-41)37-30(44)45-31(3,4)5/h7-8,13-15,20,22,24-25H,6,9-12,16-17H2,1-5H3,(H,37,44). The number of amides is 2. The molecule has 2 saturated heterocycles. The van der Waals surface area contributed by atoms with Crippen LogP contribution in [0.4, 0.5) is 29.9 Å². The monoisotopic (exact) mass is 644 g/mol. The van der Waals surface area contributed by atoms with Crippen molar-refractivity contribution in [2.24, 2.45) is 0 Å². The van der Waals surface area contributed by atoms with E-state index < -0.39 is 35.9 Å². The van der Waals surface area contributed by atoms with Crippen LogP contribution in [0.1, 0.15) is 80.2 Å². The van der Waals surface area contributed by atoms with Gasteiger partial charge < -0.3 is 29.3 Å². The van der Waals surface area contributed by atoms with Crippen LogP contribution in [0.2, 0.25) is 0 Å². The first-order valence-electron chi connectivity index (χ1n) is 15.3. The summed E-state index contributed by atoms with van der Waals surface area (Å²) in [6, 6.07) is 4.38. The molecule has 2 atom stereocenters. The first-order chi connectivity index (χ1) is 21.8. The highest BCUT2D eigenvalue weighted by Crippen LogP contribution is 2.32. The number of aryl methyl sites for hydroxylation is 1. The predicted octanol–water partition coefficient (Wildman–Crippen LogP) is 4.87. The summed E-state index contributed by atoms with van der Waals surface area (Å²) in [7, 11) is 0. The van der Waals surface area contributed by atoms with Gasteiger partial charge in [0, 0.05) is 57.1 Å². The van der Waals surface area contributed by atoms with Crippen molar-refractivity contribution in [3.8, 4) is 0 Å². The first-order valence-corrected chi connectivity index (χ1v) is 15.3. The molecule has 3 aromatic rings. The molecule has 2 aliphatic rings. The maximum absolute atomic E-state index is 15.0. The van der Waals surface area contributed by atoms with Crippen LogP contribution in [0, 0.1) is 12.7 Å². The van der Waals surface area contributed by atoms with Gasteiger partial charge in [0.1, 0.15) is 11.4 Å². The molecule has 2 aliphatic heterocycles. The summed E-state index contributed by atoms with van der Waals surface area (Å²) in [4.78, 5) is 44.3. The molecular formula is C31H39F3N8O4. The Bertz CT molecular complexity index is 1520. The number of rotatable bonds is 8. The van der Waals surface area contributed by atoms with Gasteiger partial charge >= 0.3 is 18.5 Å². The van der Waals surface area contributed by atoms with E-state index in [1.165, 1.54) is 18.5 Å². The largest absolute Gasteiger partial charge is 0.444 e. The highest BCUT2D eigenvalue weighted by atomic mass is 19.3. The Labute approximate surface area is 265 Å². The molecule has 5 rings (SSSR count). The fourth-order valence-electron chi connectivity index (χ4n) is 5.98. The molecule has 2 fully saturated rings. The van der Waals surface area contributed by atoms with Gasteiger partial charge in [-0.05, 0) is 59.1 Å². The van der Waals surface area contributed by atoms with E-state index in [-0.39, 0.29) is 23.8 Å². The van der Waals surface area contributed by atoms with Gasteiger partial charge in [0.25, 0.3) is 5.91 Å². The molecule has 248 valence electrons. The van der Waals surface area contributed by atoms with Crippen LogP contribution in [0.5, 0.6) is 0 Å². The molecule has 2 unspecified atom stereocenters. The molecule has 1 aromatic carbocycles. The number of alkyl halides is 2. The fraction of sp³-hybridized carbons (Fsp3) is 0.548. The Morgan fingerprint density at radius 3 is 2.43 bits per heavy atom. The summed E-state index contributed by atoms with van der Waals surface area (Å²) < 4.78 is 51.2. The summed E-state index contributed by atoms with van der Waals surface area (Å²) in [5.74, 6) is -1.28. The van der Waals surface area contributed by atoms with E-state index in [9.17, 15) is 22.8 Å². The number of piperidine rings is 1. The molecule has 0 bridgehead atoms. The van der Waals surface area contributed by atoms with E-state index in [1.807, 2.05) is 18.7 Å². The van der Waals surface area contributed by atoms with Gasteiger partial charge in [-0.1, -0.05) is 22.9 Å². The number of carbonyl (C=O) groups is 2. The summed E-state index contributed by atoms with van der Waals surface area (Å²) >= 11 is 0. The number of hydrogen-bond acceptors (Lipinski definition) is 10. The number of ether oxygens (including phenoxy) is 1. The molecule has 12 nitrogen and oxygen atoms in total. The van der Waals surface area contributed by atoms with Gasteiger partial charge in [-0.25, -0.2) is 27.9 Å². The van der Waals surface area contributed by atoms with Crippen molar-refractivity contribution in [2.45, 2.75) is 77.5 Å². The number of halogens is 3. The Balaban J connectivity index is 1.26. The van der Waals surface area contributed by atoms with Crippen LogP contribution in [-0.2, 0) is 4.74 Å². The number of aromatic nitrogens is 4. The van der Waals surface area contributed by atoms with Crippen LogP contribution in [-0.4, -0.2) is 87.4 Å². The Kier molecular flexibility index (Phi) is 9.68. The minimum Gasteiger partial charge on any atom is -0.444 e. The van der Waals surface area contributed by atoms with Gasteiger partial charge in [0.2, 0.25) is 11.8 Å². The zero-order valence-corrected chi connectivity index (χ0v) is 26.5. The van der Waals surface area contributed by atoms with Crippen LogP contribution in [0.3, 0.4) is 0 Å². The molecule has 15 heteroatoms. The van der Waals surface area contributed by atoms with Crippen molar-refractivity contribution in [2.75, 3.05) is 42.5 Å². The highest BCUT2D eigenvalue weighted by Gasteiger charge is 2.39. The quantitative estimate of drug-likeness (QED) is 0.363. The SMILES string of the molecule is CCN(C(=O)c1cnc(N2CC(NC(=O)OC(C)(C)C)C(c3cc(C)ccc3F)C2)nc1)C1CCN(c2nc(C(F)F)no2)CC1. The van der Waals surface area contributed by atoms with E-state index in [2.05, 4.69) is 25.4 Å². The second-order valence-corrected chi connectivity index (χ2v) is 12.6. The van der Waals surface area contributed by atoms with Gasteiger partial charge in [0.05, 0.1) is 11.6 Å². The van der Waals surface area contributed by atoms with Crippen molar-refractivity contribution in [1.82, 2.24) is 30.3 Å². The van der Waals surface area contributed by atoms with Crippen LogP contribution >= 0.6 is 0 Å². The number of nitrogens with one attached hydrogen (secondary N) is 1. The van der Waals surface area contributed by atoms with Crippen molar-refractivity contribution < 1.29 is 32.0 Å². The zero-order valence-electron chi connectivity index (χ0n) is 26.5. The molecule has 46 heavy (non-hydrogen) atoms. The smallest absolute Gasteiger partial charge is 0.407 e.